The Morgan fingerprint density at radius 3 is 2.48 bits per heavy atom. The highest BCUT2D eigenvalue weighted by Crippen LogP contribution is 2.32. The van der Waals surface area contributed by atoms with Crippen LogP contribution in [0.15, 0.2) is 45.8 Å². The summed E-state index contributed by atoms with van der Waals surface area (Å²) >= 11 is 3.32. The van der Waals surface area contributed by atoms with E-state index in [0.717, 1.165) is 10.9 Å². The maximum Gasteiger partial charge on any atom is 0.262 e. The second-order valence-electron chi connectivity index (χ2n) is 6.62. The lowest BCUT2D eigenvalue weighted by atomic mass is 10.1. The maximum atomic E-state index is 12.8. The van der Waals surface area contributed by atoms with E-state index in [1.54, 1.807) is 44.2 Å². The molecular weight excluding hydrogens is 452 g/mol. The summed E-state index contributed by atoms with van der Waals surface area (Å²) in [5.74, 6) is 0.121. The van der Waals surface area contributed by atoms with Gasteiger partial charge in [-0.05, 0) is 68.1 Å². The zero-order valence-electron chi connectivity index (χ0n) is 15.1. The molecule has 0 saturated carbocycles. The molecule has 146 valence electrons. The molecule has 2 aromatic carbocycles. The molecule has 0 radical (unpaired) electrons. The zero-order chi connectivity index (χ0) is 19.8. The van der Waals surface area contributed by atoms with Gasteiger partial charge in [-0.3, -0.25) is 9.03 Å². The van der Waals surface area contributed by atoms with E-state index in [-0.39, 0.29) is 10.6 Å². The highest BCUT2D eigenvalue weighted by atomic mass is 79.9. The van der Waals surface area contributed by atoms with Crippen LogP contribution in [0.1, 0.15) is 24.0 Å². The van der Waals surface area contributed by atoms with Crippen molar-refractivity contribution in [2.24, 2.45) is 0 Å². The van der Waals surface area contributed by atoms with Gasteiger partial charge < -0.3 is 0 Å². The van der Waals surface area contributed by atoms with E-state index in [1.807, 2.05) is 0 Å². The van der Waals surface area contributed by atoms with E-state index in [9.17, 15) is 16.8 Å². The lowest BCUT2D eigenvalue weighted by Gasteiger charge is -2.30. The van der Waals surface area contributed by atoms with Crippen LogP contribution in [0.5, 0.6) is 0 Å². The Hall–Kier alpha value is -1.58. The topological polar surface area (TPSA) is 83.6 Å². The van der Waals surface area contributed by atoms with Crippen LogP contribution < -0.4 is 9.03 Å². The van der Waals surface area contributed by atoms with E-state index in [0.29, 0.717) is 35.5 Å². The van der Waals surface area contributed by atoms with Gasteiger partial charge in [-0.25, -0.2) is 16.8 Å². The highest BCUT2D eigenvalue weighted by Gasteiger charge is 2.28. The second-order valence-corrected chi connectivity index (χ2v) is 11.2. The van der Waals surface area contributed by atoms with Gasteiger partial charge in [0.25, 0.3) is 10.0 Å². The summed E-state index contributed by atoms with van der Waals surface area (Å²) in [6.45, 7) is 3.83. The van der Waals surface area contributed by atoms with Crippen molar-refractivity contribution in [1.29, 1.82) is 0 Å². The Balaban J connectivity index is 1.99. The fourth-order valence-electron chi connectivity index (χ4n) is 3.15. The molecule has 9 heteroatoms. The number of anilines is 2. The van der Waals surface area contributed by atoms with Crippen molar-refractivity contribution >= 4 is 47.4 Å². The second kappa shape index (κ2) is 7.44. The van der Waals surface area contributed by atoms with Crippen LogP contribution in [0.3, 0.4) is 0 Å². The number of hydrogen-bond donors (Lipinski definition) is 1. The average Bonchev–Trinajstić information content (AvgIpc) is 2.56. The van der Waals surface area contributed by atoms with Crippen molar-refractivity contribution in [3.8, 4) is 0 Å². The van der Waals surface area contributed by atoms with Gasteiger partial charge >= 0.3 is 0 Å². The SMILES string of the molecule is Cc1cc(S(=O)(=O)Nc2cccc(Br)c2)c(C)cc1N1CCCCS1(=O)=O. The van der Waals surface area contributed by atoms with Crippen LogP contribution in [0.4, 0.5) is 11.4 Å². The van der Waals surface area contributed by atoms with Crippen molar-refractivity contribution < 1.29 is 16.8 Å². The van der Waals surface area contributed by atoms with Crippen LogP contribution in [-0.4, -0.2) is 29.1 Å². The standard InChI is InChI=1S/C18H21BrN2O4S2/c1-13-11-18(27(24,25)20-16-7-5-6-15(19)12-16)14(2)10-17(13)21-8-3-4-9-26(21,22)23/h5-7,10-12,20H,3-4,8-9H2,1-2H3. The Morgan fingerprint density at radius 1 is 1.07 bits per heavy atom. The minimum Gasteiger partial charge on any atom is -0.280 e. The number of aryl methyl sites for hydroxylation is 2. The molecule has 1 saturated heterocycles. The third-order valence-electron chi connectivity index (χ3n) is 4.48. The summed E-state index contributed by atoms with van der Waals surface area (Å²) in [4.78, 5) is 0.137. The minimum absolute atomic E-state index is 0.121. The van der Waals surface area contributed by atoms with Gasteiger partial charge in [0.2, 0.25) is 10.0 Å². The Kier molecular flexibility index (Phi) is 5.56. The summed E-state index contributed by atoms with van der Waals surface area (Å²) < 4.78 is 55.2. The predicted octanol–water partition coefficient (Wildman–Crippen LogP) is 3.80. The molecule has 0 atom stereocenters. The van der Waals surface area contributed by atoms with E-state index in [4.69, 9.17) is 0 Å². The summed E-state index contributed by atoms with van der Waals surface area (Å²) in [6, 6.07) is 10.1. The Labute approximate surface area is 168 Å². The van der Waals surface area contributed by atoms with E-state index < -0.39 is 20.0 Å². The minimum atomic E-state index is -3.80. The molecular formula is C18H21BrN2O4S2. The van der Waals surface area contributed by atoms with Gasteiger partial charge in [0, 0.05) is 16.7 Å². The van der Waals surface area contributed by atoms with Crippen LogP contribution in [-0.2, 0) is 20.0 Å². The van der Waals surface area contributed by atoms with Crippen molar-refractivity contribution in [3.05, 3.63) is 52.0 Å². The van der Waals surface area contributed by atoms with Crippen molar-refractivity contribution in [1.82, 2.24) is 0 Å². The summed E-state index contributed by atoms with van der Waals surface area (Å²) in [6.07, 6.45) is 1.45. The lowest BCUT2D eigenvalue weighted by molar-refractivity contribution is 0.574. The molecule has 0 spiro atoms. The van der Waals surface area contributed by atoms with Gasteiger partial charge in [-0.2, -0.15) is 0 Å². The average molecular weight is 473 g/mol. The number of hydrogen-bond acceptors (Lipinski definition) is 4. The van der Waals surface area contributed by atoms with E-state index in [1.165, 1.54) is 10.4 Å². The molecule has 1 aliphatic heterocycles. The molecule has 1 fully saturated rings. The molecule has 0 unspecified atom stereocenters. The number of benzene rings is 2. The third kappa shape index (κ3) is 4.30. The number of nitrogens with zero attached hydrogens (tertiary/aromatic N) is 1. The third-order valence-corrected chi connectivity index (χ3v) is 8.35. The first-order valence-electron chi connectivity index (χ1n) is 8.50. The first-order valence-corrected chi connectivity index (χ1v) is 12.4. The van der Waals surface area contributed by atoms with E-state index >= 15 is 0 Å². The predicted molar refractivity (Wildman–Crippen MR) is 111 cm³/mol. The largest absolute Gasteiger partial charge is 0.280 e. The summed E-state index contributed by atoms with van der Waals surface area (Å²) in [7, 11) is -7.15. The summed E-state index contributed by atoms with van der Waals surface area (Å²) in [5.41, 5.74) is 2.11. The first-order chi connectivity index (χ1) is 12.6. The zero-order valence-corrected chi connectivity index (χ0v) is 18.3. The molecule has 2 aromatic rings. The lowest BCUT2D eigenvalue weighted by Crippen LogP contribution is -2.38. The van der Waals surface area contributed by atoms with Crippen molar-refractivity contribution in [2.45, 2.75) is 31.6 Å². The molecule has 0 aromatic heterocycles. The Bertz CT molecular complexity index is 1080. The van der Waals surface area contributed by atoms with Crippen LogP contribution in [0.25, 0.3) is 0 Å². The van der Waals surface area contributed by atoms with Crippen LogP contribution in [0, 0.1) is 13.8 Å². The quantitative estimate of drug-likeness (QED) is 0.733. The number of halogens is 1. The van der Waals surface area contributed by atoms with Gasteiger partial charge in [-0.15, -0.1) is 0 Å². The van der Waals surface area contributed by atoms with Crippen LogP contribution in [0.2, 0.25) is 0 Å². The van der Waals surface area contributed by atoms with Gasteiger partial charge in [0.05, 0.1) is 16.3 Å². The molecule has 27 heavy (non-hydrogen) atoms. The van der Waals surface area contributed by atoms with Gasteiger partial charge in [0.1, 0.15) is 0 Å². The molecule has 3 rings (SSSR count). The molecule has 1 aliphatic rings. The van der Waals surface area contributed by atoms with Crippen molar-refractivity contribution in [3.63, 3.8) is 0 Å². The molecule has 0 bridgehead atoms. The highest BCUT2D eigenvalue weighted by molar-refractivity contribution is 9.10. The van der Waals surface area contributed by atoms with Gasteiger partial charge in [0.15, 0.2) is 0 Å². The monoisotopic (exact) mass is 472 g/mol. The Morgan fingerprint density at radius 2 is 1.81 bits per heavy atom. The summed E-state index contributed by atoms with van der Waals surface area (Å²) in [5, 5.41) is 0. The molecule has 1 N–H and O–H groups in total. The first kappa shape index (κ1) is 20.2. The fraction of sp³-hybridized carbons (Fsp3) is 0.333. The fourth-order valence-corrected chi connectivity index (χ4v) is 6.61. The molecule has 0 amide bonds. The maximum absolute atomic E-state index is 12.8. The number of nitrogens with one attached hydrogen (secondary N) is 1. The normalized spacial score (nSPS) is 16.9. The molecule has 1 heterocycles. The number of sulfonamides is 2. The molecule has 0 aliphatic carbocycles. The van der Waals surface area contributed by atoms with Crippen molar-refractivity contribution in [2.75, 3.05) is 21.3 Å². The molecule has 6 nitrogen and oxygen atoms in total. The number of rotatable bonds is 4. The van der Waals surface area contributed by atoms with Gasteiger partial charge in [-0.1, -0.05) is 22.0 Å². The smallest absolute Gasteiger partial charge is 0.262 e. The van der Waals surface area contributed by atoms with Crippen LogP contribution >= 0.6 is 15.9 Å². The van der Waals surface area contributed by atoms with E-state index in [2.05, 4.69) is 20.7 Å².